The predicted octanol–water partition coefficient (Wildman–Crippen LogP) is 3.09. The van der Waals surface area contributed by atoms with Gasteiger partial charge in [-0.05, 0) is 18.2 Å². The van der Waals surface area contributed by atoms with E-state index in [0.717, 1.165) is 11.0 Å². The summed E-state index contributed by atoms with van der Waals surface area (Å²) in [4.78, 5) is 22.3. The van der Waals surface area contributed by atoms with Crippen molar-refractivity contribution in [1.82, 2.24) is 14.9 Å². The first kappa shape index (κ1) is 19.4. The maximum absolute atomic E-state index is 11.3. The Hall–Kier alpha value is -3.90. The number of aromatic nitrogens is 2. The smallest absolute Gasteiger partial charge is 0.292 e. The number of nitro benzene ring substituents is 1. The lowest BCUT2D eigenvalue weighted by atomic mass is 10.2. The molecule has 3 aromatic rings. The van der Waals surface area contributed by atoms with Crippen molar-refractivity contribution in [2.24, 2.45) is 0 Å². The number of hydrogen-bond donors (Lipinski definition) is 2. The number of fused-ring (bicyclic) bond motifs is 1. The van der Waals surface area contributed by atoms with Gasteiger partial charge in [-0.15, -0.1) is 0 Å². The van der Waals surface area contributed by atoms with Gasteiger partial charge in [0.15, 0.2) is 5.82 Å². The molecule has 9 nitrogen and oxygen atoms in total. The van der Waals surface area contributed by atoms with Gasteiger partial charge in [-0.2, -0.15) is 5.26 Å². The summed E-state index contributed by atoms with van der Waals surface area (Å²) < 4.78 is 0. The van der Waals surface area contributed by atoms with E-state index in [0.29, 0.717) is 37.7 Å². The molecule has 1 aliphatic heterocycles. The van der Waals surface area contributed by atoms with Gasteiger partial charge in [0.2, 0.25) is 0 Å². The topological polar surface area (TPSA) is 122 Å². The van der Waals surface area contributed by atoms with Gasteiger partial charge in [0, 0.05) is 32.2 Å². The minimum Gasteiger partial charge on any atom is -0.509 e. The summed E-state index contributed by atoms with van der Waals surface area (Å²) in [7, 11) is 0. The summed E-state index contributed by atoms with van der Waals surface area (Å²) in [5.41, 5.74) is 2.33. The molecule has 152 valence electrons. The molecule has 2 heterocycles. The number of nitriles is 1. The third kappa shape index (κ3) is 3.81. The number of hydrogen-bond acceptors (Lipinski definition) is 7. The second-order valence-corrected chi connectivity index (χ2v) is 7.05. The Morgan fingerprint density at radius 1 is 1.17 bits per heavy atom. The molecule has 1 aromatic heterocycles. The van der Waals surface area contributed by atoms with E-state index in [2.05, 4.69) is 9.97 Å². The maximum atomic E-state index is 11.3. The van der Waals surface area contributed by atoms with Crippen LogP contribution < -0.4 is 4.90 Å². The lowest BCUT2D eigenvalue weighted by Crippen LogP contribution is -2.47. The Morgan fingerprint density at radius 3 is 2.57 bits per heavy atom. The van der Waals surface area contributed by atoms with Crippen LogP contribution in [0.25, 0.3) is 16.6 Å². The van der Waals surface area contributed by atoms with Crippen LogP contribution in [0.15, 0.2) is 54.3 Å². The molecule has 2 N–H and O–H groups in total. The van der Waals surface area contributed by atoms with Crippen LogP contribution in [0.4, 0.5) is 11.4 Å². The number of benzene rings is 2. The summed E-state index contributed by atoms with van der Waals surface area (Å²) in [5, 5.41) is 31.4. The molecule has 1 fully saturated rings. The Kier molecular flexibility index (Phi) is 5.32. The van der Waals surface area contributed by atoms with Crippen molar-refractivity contribution in [2.75, 3.05) is 37.6 Å². The van der Waals surface area contributed by atoms with Crippen molar-refractivity contribution in [2.45, 2.75) is 0 Å². The third-order valence-electron chi connectivity index (χ3n) is 5.19. The number of rotatable bonds is 5. The van der Waals surface area contributed by atoms with E-state index in [1.54, 1.807) is 18.2 Å². The fourth-order valence-corrected chi connectivity index (χ4v) is 3.65. The monoisotopic (exact) mass is 404 g/mol. The highest BCUT2D eigenvalue weighted by molar-refractivity contribution is 5.82. The van der Waals surface area contributed by atoms with Crippen LogP contribution in [0.1, 0.15) is 5.82 Å². The first-order valence-corrected chi connectivity index (χ1v) is 9.55. The van der Waals surface area contributed by atoms with Gasteiger partial charge >= 0.3 is 0 Å². The number of imidazole rings is 1. The van der Waals surface area contributed by atoms with Crippen LogP contribution in [0.5, 0.6) is 0 Å². The van der Waals surface area contributed by atoms with Gasteiger partial charge in [-0.1, -0.05) is 24.3 Å². The minimum atomic E-state index is -0.372. The average Bonchev–Trinajstić information content (AvgIpc) is 3.18. The molecule has 0 atom stereocenters. The molecule has 2 aromatic carbocycles. The van der Waals surface area contributed by atoms with E-state index >= 15 is 0 Å². The predicted molar refractivity (Wildman–Crippen MR) is 113 cm³/mol. The van der Waals surface area contributed by atoms with E-state index in [1.165, 1.54) is 6.07 Å². The zero-order chi connectivity index (χ0) is 21.1. The number of nitrogens with zero attached hydrogens (tertiary/aromatic N) is 5. The van der Waals surface area contributed by atoms with Crippen molar-refractivity contribution in [3.8, 4) is 6.07 Å². The average molecular weight is 404 g/mol. The fourth-order valence-electron chi connectivity index (χ4n) is 3.65. The van der Waals surface area contributed by atoms with Crippen LogP contribution in [-0.4, -0.2) is 57.6 Å². The van der Waals surface area contributed by atoms with Gasteiger partial charge in [0.05, 0.1) is 22.5 Å². The molecule has 0 bridgehead atoms. The second kappa shape index (κ2) is 8.23. The number of H-pyrrole nitrogens is 1. The first-order valence-electron chi connectivity index (χ1n) is 9.55. The first-order chi connectivity index (χ1) is 14.6. The van der Waals surface area contributed by atoms with E-state index in [4.69, 9.17) is 0 Å². The number of nitrogens with one attached hydrogen (secondary N) is 1. The van der Waals surface area contributed by atoms with Crippen LogP contribution in [0.3, 0.4) is 0 Å². The van der Waals surface area contributed by atoms with Gasteiger partial charge in [0.25, 0.3) is 5.69 Å². The quantitative estimate of drug-likeness (QED) is 0.290. The van der Waals surface area contributed by atoms with Gasteiger partial charge in [0.1, 0.15) is 23.1 Å². The van der Waals surface area contributed by atoms with E-state index < -0.39 is 0 Å². The molecule has 1 saturated heterocycles. The number of anilines is 1. The van der Waals surface area contributed by atoms with Crippen LogP contribution >= 0.6 is 0 Å². The van der Waals surface area contributed by atoms with Crippen molar-refractivity contribution in [3.63, 3.8) is 0 Å². The Balaban J connectivity index is 1.46. The highest BCUT2D eigenvalue weighted by Crippen LogP contribution is 2.28. The summed E-state index contributed by atoms with van der Waals surface area (Å²) in [6, 6.07) is 16.2. The molecule has 1 aliphatic rings. The summed E-state index contributed by atoms with van der Waals surface area (Å²) >= 11 is 0. The zero-order valence-electron chi connectivity index (χ0n) is 16.2. The standard InChI is InChI=1S/C21H20N6O3/c22-13-15(21-23-16-5-1-2-6-17(16)24-21)20(28)14-25-9-11-26(12-10-25)18-7-3-4-8-19(18)27(29)30/h1-8,28H,9-12,14H2,(H,23,24)/b20-15-. The molecule has 0 amide bonds. The number of aliphatic hydroxyl groups is 1. The third-order valence-corrected chi connectivity index (χ3v) is 5.19. The number of aromatic amines is 1. The molecule has 9 heteroatoms. The molecular weight excluding hydrogens is 384 g/mol. The largest absolute Gasteiger partial charge is 0.509 e. The normalized spacial score (nSPS) is 15.6. The Bertz CT molecular complexity index is 1120. The number of aliphatic hydroxyl groups excluding tert-OH is 1. The molecular formula is C21H20N6O3. The van der Waals surface area contributed by atoms with Crippen molar-refractivity contribution in [3.05, 3.63) is 70.2 Å². The second-order valence-electron chi connectivity index (χ2n) is 7.05. The molecule has 0 saturated carbocycles. The van der Waals surface area contributed by atoms with Crippen molar-refractivity contribution < 1.29 is 10.0 Å². The zero-order valence-corrected chi connectivity index (χ0v) is 16.2. The van der Waals surface area contributed by atoms with Gasteiger partial charge in [-0.3, -0.25) is 15.0 Å². The highest BCUT2D eigenvalue weighted by Gasteiger charge is 2.24. The van der Waals surface area contributed by atoms with E-state index in [9.17, 15) is 20.5 Å². The van der Waals surface area contributed by atoms with Crippen molar-refractivity contribution in [1.29, 1.82) is 5.26 Å². The molecule has 0 unspecified atom stereocenters. The number of nitro groups is 1. The molecule has 30 heavy (non-hydrogen) atoms. The van der Waals surface area contributed by atoms with Crippen molar-refractivity contribution >= 4 is 28.0 Å². The molecule has 0 radical (unpaired) electrons. The lowest BCUT2D eigenvalue weighted by molar-refractivity contribution is -0.384. The summed E-state index contributed by atoms with van der Waals surface area (Å²) in [5.74, 6) is 0.297. The number of piperazine rings is 1. The van der Waals surface area contributed by atoms with E-state index in [-0.39, 0.29) is 28.5 Å². The highest BCUT2D eigenvalue weighted by atomic mass is 16.6. The maximum Gasteiger partial charge on any atom is 0.292 e. The van der Waals surface area contributed by atoms with Crippen LogP contribution in [0, 0.1) is 21.4 Å². The summed E-state index contributed by atoms with van der Waals surface area (Å²) in [6.07, 6.45) is 0. The van der Waals surface area contributed by atoms with Crippen LogP contribution in [0.2, 0.25) is 0 Å². The van der Waals surface area contributed by atoms with Gasteiger partial charge in [-0.25, -0.2) is 4.98 Å². The van der Waals surface area contributed by atoms with E-state index in [1.807, 2.05) is 40.1 Å². The molecule has 4 rings (SSSR count). The SMILES string of the molecule is N#C/C(=C(/O)CN1CCN(c2ccccc2[N+](=O)[O-])CC1)c1nc2ccccc2[nH]1. The molecule has 0 spiro atoms. The minimum absolute atomic E-state index is 0.0457. The summed E-state index contributed by atoms with van der Waals surface area (Å²) in [6.45, 7) is 2.60. The Morgan fingerprint density at radius 2 is 1.87 bits per heavy atom. The Labute approximate surface area is 172 Å². The van der Waals surface area contributed by atoms with Gasteiger partial charge < -0.3 is 15.0 Å². The lowest BCUT2D eigenvalue weighted by Gasteiger charge is -2.35. The molecule has 0 aliphatic carbocycles. The fraction of sp³-hybridized carbons (Fsp3) is 0.238. The van der Waals surface area contributed by atoms with Crippen LogP contribution in [-0.2, 0) is 0 Å². The number of para-hydroxylation sites is 4. The number of allylic oxidation sites excluding steroid dienone is 1.